The van der Waals surface area contributed by atoms with E-state index < -0.39 is 36.3 Å². The van der Waals surface area contributed by atoms with Crippen molar-refractivity contribution in [1.82, 2.24) is 0 Å². The summed E-state index contributed by atoms with van der Waals surface area (Å²) in [5.41, 5.74) is 0. The Labute approximate surface area is 67.7 Å². The molecule has 0 aromatic rings. The van der Waals surface area contributed by atoms with Crippen molar-refractivity contribution in [3.05, 3.63) is 0 Å². The lowest BCUT2D eigenvalue weighted by atomic mass is 9.86. The number of Topliss-reactive ketones (excluding diaryl/α,β-unsaturated/α-hetero) is 1. The lowest BCUT2D eigenvalue weighted by Crippen LogP contribution is -2.61. The van der Waals surface area contributed by atoms with Gasteiger partial charge in [-0.3, -0.25) is 4.79 Å². The predicted molar refractivity (Wildman–Crippen MR) is 35.0 cm³/mol. The van der Waals surface area contributed by atoms with Crippen molar-refractivity contribution >= 4 is 5.78 Å². The summed E-state index contributed by atoms with van der Waals surface area (Å²) >= 11 is 0. The third-order valence-corrected chi connectivity index (χ3v) is 1.93. The first-order chi connectivity index (χ1) is 5.46. The fourth-order valence-corrected chi connectivity index (χ4v) is 1.09. The van der Waals surface area contributed by atoms with Crippen LogP contribution in [0.5, 0.6) is 0 Å². The van der Waals surface area contributed by atoms with Crippen molar-refractivity contribution in [3.8, 4) is 0 Å². The van der Waals surface area contributed by atoms with E-state index in [1.165, 1.54) is 0 Å². The number of rotatable bonds is 0. The number of carbonyl (C=O) groups excluding carboxylic acids is 1. The van der Waals surface area contributed by atoms with E-state index in [4.69, 9.17) is 25.5 Å². The number of hydrogen-bond acceptors (Lipinski definition) is 6. The largest absolute Gasteiger partial charge is 0.387 e. The highest BCUT2D eigenvalue weighted by Crippen LogP contribution is 2.17. The van der Waals surface area contributed by atoms with Gasteiger partial charge in [0.1, 0.15) is 30.5 Å². The van der Waals surface area contributed by atoms with E-state index in [1.54, 1.807) is 0 Å². The Balaban J connectivity index is 2.83. The molecule has 5 atom stereocenters. The van der Waals surface area contributed by atoms with E-state index in [1.807, 2.05) is 0 Å². The first-order valence-corrected chi connectivity index (χ1v) is 3.41. The molecule has 0 bridgehead atoms. The molecule has 12 heavy (non-hydrogen) atoms. The van der Waals surface area contributed by atoms with Crippen molar-refractivity contribution in [2.24, 2.45) is 0 Å². The zero-order valence-corrected chi connectivity index (χ0v) is 6.03. The minimum Gasteiger partial charge on any atom is -0.387 e. The van der Waals surface area contributed by atoms with Crippen molar-refractivity contribution in [3.63, 3.8) is 0 Å². The molecular formula is C6H10O6. The number of aliphatic hydroxyl groups is 5. The summed E-state index contributed by atoms with van der Waals surface area (Å²) in [5, 5.41) is 44.5. The maximum Gasteiger partial charge on any atom is 0.195 e. The Bertz CT molecular complexity index is 174. The molecule has 1 aliphatic carbocycles. The third-order valence-electron chi connectivity index (χ3n) is 1.93. The van der Waals surface area contributed by atoms with E-state index in [-0.39, 0.29) is 0 Å². The Kier molecular flexibility index (Phi) is 2.45. The normalized spacial score (nSPS) is 49.4. The molecule has 0 saturated heterocycles. The molecule has 1 aliphatic rings. The second-order valence-electron chi connectivity index (χ2n) is 2.76. The second kappa shape index (κ2) is 3.08. The molecule has 5 N–H and O–H groups in total. The van der Waals surface area contributed by atoms with Gasteiger partial charge in [0.25, 0.3) is 0 Å². The number of aliphatic hydroxyl groups excluding tert-OH is 5. The van der Waals surface area contributed by atoms with Crippen LogP contribution in [0.4, 0.5) is 0 Å². The smallest absolute Gasteiger partial charge is 0.195 e. The summed E-state index contributed by atoms with van der Waals surface area (Å²) in [6.07, 6.45) is -8.85. The maximum absolute atomic E-state index is 10.8. The summed E-state index contributed by atoms with van der Waals surface area (Å²) < 4.78 is 0. The molecule has 0 aliphatic heterocycles. The van der Waals surface area contributed by atoms with E-state index >= 15 is 0 Å². The SMILES string of the molecule is O=C1C(O)[C@H](O)C(O)C(O)[C@@H]1O. The minimum absolute atomic E-state index is 1.08. The van der Waals surface area contributed by atoms with E-state index in [0.717, 1.165) is 0 Å². The van der Waals surface area contributed by atoms with Gasteiger partial charge in [-0.05, 0) is 0 Å². The highest BCUT2D eigenvalue weighted by Gasteiger charge is 2.47. The molecule has 1 rings (SSSR count). The standard InChI is InChI=1S/C6H10O6/c7-1-2(8)4(10)6(12)5(11)3(1)9/h1-5,7-11H/t1?,2-,3?,4?,5+/m1/s1. The molecule has 0 aromatic carbocycles. The molecule has 1 fully saturated rings. The summed E-state index contributed by atoms with van der Waals surface area (Å²) in [7, 11) is 0. The molecular weight excluding hydrogens is 168 g/mol. The van der Waals surface area contributed by atoms with Crippen molar-refractivity contribution in [2.45, 2.75) is 30.5 Å². The Morgan fingerprint density at radius 2 is 1.08 bits per heavy atom. The predicted octanol–water partition coefficient (Wildman–Crippen LogP) is -3.63. The lowest BCUT2D eigenvalue weighted by Gasteiger charge is -2.34. The van der Waals surface area contributed by atoms with Crippen LogP contribution in [0.2, 0.25) is 0 Å². The number of ketones is 1. The molecule has 0 heterocycles. The molecule has 6 nitrogen and oxygen atoms in total. The van der Waals surface area contributed by atoms with E-state index in [0.29, 0.717) is 0 Å². The van der Waals surface area contributed by atoms with Crippen LogP contribution in [0.15, 0.2) is 0 Å². The zero-order chi connectivity index (χ0) is 9.46. The second-order valence-corrected chi connectivity index (χ2v) is 2.76. The van der Waals surface area contributed by atoms with Gasteiger partial charge in [0.05, 0.1) is 0 Å². The highest BCUT2D eigenvalue weighted by molar-refractivity contribution is 5.89. The molecule has 6 heteroatoms. The van der Waals surface area contributed by atoms with Gasteiger partial charge in [0.2, 0.25) is 0 Å². The monoisotopic (exact) mass is 178 g/mol. The van der Waals surface area contributed by atoms with Gasteiger partial charge < -0.3 is 25.5 Å². The molecule has 0 radical (unpaired) electrons. The maximum atomic E-state index is 10.8. The van der Waals surface area contributed by atoms with Gasteiger partial charge in [-0.15, -0.1) is 0 Å². The Morgan fingerprint density at radius 3 is 1.42 bits per heavy atom. The summed E-state index contributed by atoms with van der Waals surface area (Å²) in [5.74, 6) is -1.08. The zero-order valence-electron chi connectivity index (χ0n) is 6.03. The van der Waals surface area contributed by atoms with E-state index in [9.17, 15) is 4.79 Å². The van der Waals surface area contributed by atoms with Crippen LogP contribution in [0.1, 0.15) is 0 Å². The van der Waals surface area contributed by atoms with Gasteiger partial charge in [0.15, 0.2) is 5.78 Å². The van der Waals surface area contributed by atoms with Crippen molar-refractivity contribution in [1.29, 1.82) is 0 Å². The fraction of sp³-hybridized carbons (Fsp3) is 0.833. The van der Waals surface area contributed by atoms with Gasteiger partial charge in [-0.2, -0.15) is 0 Å². The van der Waals surface area contributed by atoms with Gasteiger partial charge in [-0.25, -0.2) is 0 Å². The third kappa shape index (κ3) is 1.23. The van der Waals surface area contributed by atoms with Crippen LogP contribution >= 0.6 is 0 Å². The Morgan fingerprint density at radius 1 is 0.750 bits per heavy atom. The van der Waals surface area contributed by atoms with Crippen molar-refractivity contribution in [2.75, 3.05) is 0 Å². The first-order valence-electron chi connectivity index (χ1n) is 3.41. The molecule has 3 unspecified atom stereocenters. The van der Waals surface area contributed by atoms with Gasteiger partial charge in [-0.1, -0.05) is 0 Å². The van der Waals surface area contributed by atoms with Crippen LogP contribution in [0.25, 0.3) is 0 Å². The fourth-order valence-electron chi connectivity index (χ4n) is 1.09. The van der Waals surface area contributed by atoms with Crippen LogP contribution in [0.3, 0.4) is 0 Å². The first kappa shape index (κ1) is 9.56. The molecule has 1 saturated carbocycles. The quantitative estimate of drug-likeness (QED) is 0.261. The van der Waals surface area contributed by atoms with Crippen molar-refractivity contribution < 1.29 is 30.3 Å². The number of hydrogen-bond donors (Lipinski definition) is 5. The van der Waals surface area contributed by atoms with Gasteiger partial charge in [0, 0.05) is 0 Å². The van der Waals surface area contributed by atoms with Crippen LogP contribution in [0, 0.1) is 0 Å². The molecule has 70 valence electrons. The average Bonchev–Trinajstić information content (AvgIpc) is 2.08. The van der Waals surface area contributed by atoms with Crippen LogP contribution < -0.4 is 0 Å². The van der Waals surface area contributed by atoms with E-state index in [2.05, 4.69) is 0 Å². The Hall–Kier alpha value is -0.530. The highest BCUT2D eigenvalue weighted by atomic mass is 16.4. The minimum atomic E-state index is -1.83. The molecule has 0 amide bonds. The summed E-state index contributed by atoms with van der Waals surface area (Å²) in [4.78, 5) is 10.8. The van der Waals surface area contributed by atoms with Gasteiger partial charge >= 0.3 is 0 Å². The lowest BCUT2D eigenvalue weighted by molar-refractivity contribution is -0.185. The topological polar surface area (TPSA) is 118 Å². The van der Waals surface area contributed by atoms with Crippen LogP contribution in [-0.4, -0.2) is 61.8 Å². The summed E-state index contributed by atoms with van der Waals surface area (Å²) in [6.45, 7) is 0. The average molecular weight is 178 g/mol. The number of carbonyl (C=O) groups is 1. The molecule has 0 spiro atoms. The summed E-state index contributed by atoms with van der Waals surface area (Å²) in [6, 6.07) is 0. The molecule has 0 aromatic heterocycles. The van der Waals surface area contributed by atoms with Crippen LogP contribution in [-0.2, 0) is 4.79 Å².